The van der Waals surface area contributed by atoms with E-state index in [2.05, 4.69) is 9.97 Å². The molecule has 0 unspecified atom stereocenters. The summed E-state index contributed by atoms with van der Waals surface area (Å²) in [6.07, 6.45) is 5.33. The third-order valence-corrected chi connectivity index (χ3v) is 5.35. The summed E-state index contributed by atoms with van der Waals surface area (Å²) in [6, 6.07) is 7.83. The molecule has 1 aromatic carbocycles. The molecule has 2 heterocycles. The number of methoxy groups -OCH3 is 1. The van der Waals surface area contributed by atoms with Gasteiger partial charge in [-0.15, -0.1) is 0 Å². The van der Waals surface area contributed by atoms with E-state index in [1.54, 1.807) is 19.5 Å². The number of thioether (sulfide) groups is 1. The first-order valence-electron chi connectivity index (χ1n) is 8.01. The fourth-order valence-electron chi connectivity index (χ4n) is 2.91. The maximum Gasteiger partial charge on any atom is 0.253 e. The highest BCUT2D eigenvalue weighted by Crippen LogP contribution is 2.27. The van der Waals surface area contributed by atoms with Gasteiger partial charge in [0.05, 0.1) is 7.11 Å². The van der Waals surface area contributed by atoms with E-state index in [4.69, 9.17) is 4.74 Å². The van der Waals surface area contributed by atoms with E-state index in [9.17, 15) is 4.79 Å². The van der Waals surface area contributed by atoms with Crippen LogP contribution in [0.25, 0.3) is 11.3 Å². The summed E-state index contributed by atoms with van der Waals surface area (Å²) in [5, 5.41) is 0. The standard InChI is InChI=1S/C18H21N3O2S/c1-21(15-6-10-24-11-7-15)18(22)14-5-3-4-13(12-14)16-17(23-2)20-9-8-19-16/h3-5,8-9,12,15H,6-7,10-11H2,1-2H3. The summed E-state index contributed by atoms with van der Waals surface area (Å²) in [7, 11) is 3.47. The van der Waals surface area contributed by atoms with Crippen molar-refractivity contribution in [2.24, 2.45) is 0 Å². The molecule has 0 radical (unpaired) electrons. The van der Waals surface area contributed by atoms with Crippen molar-refractivity contribution < 1.29 is 9.53 Å². The van der Waals surface area contributed by atoms with Crippen molar-refractivity contribution in [3.63, 3.8) is 0 Å². The molecule has 1 amide bonds. The van der Waals surface area contributed by atoms with Crippen LogP contribution in [0.2, 0.25) is 0 Å². The van der Waals surface area contributed by atoms with Crippen LogP contribution in [0.4, 0.5) is 0 Å². The highest BCUT2D eigenvalue weighted by molar-refractivity contribution is 7.99. The Bertz CT molecular complexity index is 717. The van der Waals surface area contributed by atoms with Crippen molar-refractivity contribution in [2.45, 2.75) is 18.9 Å². The first kappa shape index (κ1) is 16.8. The van der Waals surface area contributed by atoms with Crippen molar-refractivity contribution in [3.05, 3.63) is 42.2 Å². The van der Waals surface area contributed by atoms with Gasteiger partial charge in [-0.1, -0.05) is 12.1 Å². The molecule has 6 heteroatoms. The second kappa shape index (κ2) is 7.66. The lowest BCUT2D eigenvalue weighted by atomic mass is 10.1. The normalized spacial score (nSPS) is 15.1. The number of hydrogen-bond donors (Lipinski definition) is 0. The number of carbonyl (C=O) groups is 1. The van der Waals surface area contributed by atoms with E-state index in [0.29, 0.717) is 23.2 Å². The summed E-state index contributed by atoms with van der Waals surface area (Å²) in [5.74, 6) is 2.76. The fourth-order valence-corrected chi connectivity index (χ4v) is 4.00. The summed E-state index contributed by atoms with van der Waals surface area (Å²) in [6.45, 7) is 0. The minimum absolute atomic E-state index is 0.0524. The van der Waals surface area contributed by atoms with Gasteiger partial charge in [0.15, 0.2) is 0 Å². The number of rotatable bonds is 4. The number of hydrogen-bond acceptors (Lipinski definition) is 5. The number of amides is 1. The third kappa shape index (κ3) is 3.53. The van der Waals surface area contributed by atoms with Crippen LogP contribution in [-0.4, -0.2) is 52.5 Å². The van der Waals surface area contributed by atoms with Crippen molar-refractivity contribution in [1.29, 1.82) is 0 Å². The van der Waals surface area contributed by atoms with Crippen LogP contribution in [-0.2, 0) is 0 Å². The molecule has 0 spiro atoms. The molecule has 0 atom stereocenters. The van der Waals surface area contributed by atoms with E-state index in [0.717, 1.165) is 29.9 Å². The molecule has 1 saturated heterocycles. The molecular formula is C18H21N3O2S. The number of ether oxygens (including phenoxy) is 1. The Hall–Kier alpha value is -2.08. The van der Waals surface area contributed by atoms with Crippen LogP contribution in [0, 0.1) is 0 Å². The van der Waals surface area contributed by atoms with Crippen LogP contribution in [0.1, 0.15) is 23.2 Å². The van der Waals surface area contributed by atoms with Gasteiger partial charge < -0.3 is 9.64 Å². The van der Waals surface area contributed by atoms with Gasteiger partial charge >= 0.3 is 0 Å². The zero-order valence-electron chi connectivity index (χ0n) is 13.9. The molecule has 24 heavy (non-hydrogen) atoms. The van der Waals surface area contributed by atoms with Crippen molar-refractivity contribution in [1.82, 2.24) is 14.9 Å². The van der Waals surface area contributed by atoms with E-state index in [1.165, 1.54) is 0 Å². The second-order valence-corrected chi connectivity index (χ2v) is 6.98. The molecule has 0 N–H and O–H groups in total. The lowest BCUT2D eigenvalue weighted by Crippen LogP contribution is -2.39. The van der Waals surface area contributed by atoms with Crippen LogP contribution in [0.3, 0.4) is 0 Å². The zero-order chi connectivity index (χ0) is 16.9. The summed E-state index contributed by atoms with van der Waals surface area (Å²) < 4.78 is 5.27. The molecule has 2 aromatic rings. The highest BCUT2D eigenvalue weighted by Gasteiger charge is 2.23. The maximum absolute atomic E-state index is 12.8. The third-order valence-electron chi connectivity index (χ3n) is 4.30. The SMILES string of the molecule is COc1nccnc1-c1cccc(C(=O)N(C)C2CCSCC2)c1. The minimum Gasteiger partial charge on any atom is -0.479 e. The van der Waals surface area contributed by atoms with Crippen molar-refractivity contribution in [2.75, 3.05) is 25.7 Å². The topological polar surface area (TPSA) is 55.3 Å². The summed E-state index contributed by atoms with van der Waals surface area (Å²) >= 11 is 1.96. The van der Waals surface area contributed by atoms with Gasteiger partial charge in [-0.2, -0.15) is 11.8 Å². The average Bonchev–Trinajstić information content (AvgIpc) is 2.67. The Labute approximate surface area is 146 Å². The van der Waals surface area contributed by atoms with Gasteiger partial charge in [-0.25, -0.2) is 9.97 Å². The minimum atomic E-state index is 0.0524. The smallest absolute Gasteiger partial charge is 0.253 e. The fraction of sp³-hybridized carbons (Fsp3) is 0.389. The molecule has 3 rings (SSSR count). The van der Waals surface area contributed by atoms with Gasteiger partial charge in [0.25, 0.3) is 5.91 Å². The van der Waals surface area contributed by atoms with Crippen LogP contribution < -0.4 is 4.74 Å². The first-order chi connectivity index (χ1) is 11.7. The number of benzene rings is 1. The molecule has 1 aromatic heterocycles. The van der Waals surface area contributed by atoms with E-state index in [1.807, 2.05) is 48.0 Å². The van der Waals surface area contributed by atoms with E-state index < -0.39 is 0 Å². The molecule has 1 aliphatic rings. The largest absolute Gasteiger partial charge is 0.479 e. The Morgan fingerprint density at radius 1 is 1.25 bits per heavy atom. The molecule has 0 aliphatic carbocycles. The quantitative estimate of drug-likeness (QED) is 0.854. The van der Waals surface area contributed by atoms with Gasteiger partial charge in [-0.3, -0.25) is 4.79 Å². The number of nitrogens with zero attached hydrogens (tertiary/aromatic N) is 3. The van der Waals surface area contributed by atoms with Crippen LogP contribution in [0.15, 0.2) is 36.7 Å². The lowest BCUT2D eigenvalue weighted by molar-refractivity contribution is 0.0723. The lowest BCUT2D eigenvalue weighted by Gasteiger charge is -2.31. The molecule has 1 fully saturated rings. The number of aromatic nitrogens is 2. The van der Waals surface area contributed by atoms with Crippen LogP contribution >= 0.6 is 11.8 Å². The molecular weight excluding hydrogens is 322 g/mol. The Balaban J connectivity index is 1.86. The highest BCUT2D eigenvalue weighted by atomic mass is 32.2. The maximum atomic E-state index is 12.8. The van der Waals surface area contributed by atoms with Gasteiger partial charge in [0.1, 0.15) is 5.69 Å². The number of carbonyl (C=O) groups excluding carboxylic acids is 1. The Kier molecular flexibility index (Phi) is 5.35. The van der Waals surface area contributed by atoms with Gasteiger partial charge in [0, 0.05) is 36.6 Å². The van der Waals surface area contributed by atoms with Crippen molar-refractivity contribution >= 4 is 17.7 Å². The van der Waals surface area contributed by atoms with Crippen LogP contribution in [0.5, 0.6) is 5.88 Å². The molecule has 0 saturated carbocycles. The molecule has 5 nitrogen and oxygen atoms in total. The summed E-state index contributed by atoms with van der Waals surface area (Å²) in [5.41, 5.74) is 2.14. The molecule has 1 aliphatic heterocycles. The zero-order valence-corrected chi connectivity index (χ0v) is 14.8. The predicted molar refractivity (Wildman–Crippen MR) is 96.5 cm³/mol. The monoisotopic (exact) mass is 343 g/mol. The molecule has 0 bridgehead atoms. The molecule has 126 valence electrons. The Morgan fingerprint density at radius 3 is 2.75 bits per heavy atom. The van der Waals surface area contributed by atoms with Gasteiger partial charge in [0.2, 0.25) is 5.88 Å². The Morgan fingerprint density at radius 2 is 2.00 bits per heavy atom. The van der Waals surface area contributed by atoms with E-state index >= 15 is 0 Å². The van der Waals surface area contributed by atoms with E-state index in [-0.39, 0.29) is 5.91 Å². The van der Waals surface area contributed by atoms with Crippen molar-refractivity contribution in [3.8, 4) is 17.1 Å². The second-order valence-electron chi connectivity index (χ2n) is 5.75. The average molecular weight is 343 g/mol. The first-order valence-corrected chi connectivity index (χ1v) is 9.16. The van der Waals surface area contributed by atoms with Gasteiger partial charge in [-0.05, 0) is 36.5 Å². The predicted octanol–water partition coefficient (Wildman–Crippen LogP) is 3.12. The summed E-state index contributed by atoms with van der Waals surface area (Å²) in [4.78, 5) is 23.2.